The summed E-state index contributed by atoms with van der Waals surface area (Å²) in [7, 11) is -3.51. The van der Waals surface area contributed by atoms with Crippen LogP contribution in [0.15, 0.2) is 47.4 Å². The van der Waals surface area contributed by atoms with Crippen LogP contribution >= 0.6 is 0 Å². The van der Waals surface area contributed by atoms with E-state index in [2.05, 4.69) is 0 Å². The lowest BCUT2D eigenvalue weighted by atomic mass is 10.1. The maximum Gasteiger partial charge on any atom is 0.182 e. The number of hydrogen-bond donors (Lipinski definition) is 0. The van der Waals surface area contributed by atoms with Gasteiger partial charge < -0.3 is 0 Å². The maximum atomic E-state index is 13.2. The molecule has 0 atom stereocenters. The Balaban J connectivity index is 2.39. The number of aryl methyl sites for hydroxylation is 1. The fourth-order valence-electron chi connectivity index (χ4n) is 1.95. The van der Waals surface area contributed by atoms with Crippen LogP contribution < -0.4 is 0 Å². The number of benzene rings is 2. The van der Waals surface area contributed by atoms with Crippen molar-refractivity contribution >= 4 is 9.84 Å². The van der Waals surface area contributed by atoms with Gasteiger partial charge in [-0.05, 0) is 36.2 Å². The summed E-state index contributed by atoms with van der Waals surface area (Å²) >= 11 is 0. The molecule has 0 spiro atoms. The number of nitrogens with zero attached hydrogens (tertiary/aromatic N) is 1. The van der Waals surface area contributed by atoms with Crippen molar-refractivity contribution in [1.29, 1.82) is 5.26 Å². The lowest BCUT2D eigenvalue weighted by Gasteiger charge is -2.08. The van der Waals surface area contributed by atoms with Crippen molar-refractivity contribution in [2.75, 3.05) is 0 Å². The average Bonchev–Trinajstić information content (AvgIpc) is 2.41. The number of halogens is 1. The molecule has 0 aliphatic heterocycles. The first kappa shape index (κ1) is 14.2. The molecular weight excluding hydrogens is 277 g/mol. The summed E-state index contributed by atoms with van der Waals surface area (Å²) in [6.45, 7) is 1.72. The lowest BCUT2D eigenvalue weighted by Crippen LogP contribution is -2.07. The van der Waals surface area contributed by atoms with Crippen LogP contribution in [0.3, 0.4) is 0 Å². The minimum atomic E-state index is -3.51. The zero-order chi connectivity index (χ0) is 14.8. The molecule has 2 aromatic carbocycles. The van der Waals surface area contributed by atoms with E-state index in [1.807, 2.05) is 0 Å². The highest BCUT2D eigenvalue weighted by Crippen LogP contribution is 2.21. The first-order valence-corrected chi connectivity index (χ1v) is 7.56. The van der Waals surface area contributed by atoms with Crippen LogP contribution in [0, 0.1) is 24.1 Å². The van der Waals surface area contributed by atoms with Crippen molar-refractivity contribution in [3.05, 3.63) is 65.0 Å². The van der Waals surface area contributed by atoms with Gasteiger partial charge in [0.05, 0.1) is 16.2 Å². The van der Waals surface area contributed by atoms with Gasteiger partial charge in [0.25, 0.3) is 0 Å². The first-order valence-electron chi connectivity index (χ1n) is 5.91. The molecule has 3 nitrogen and oxygen atoms in total. The average molecular weight is 289 g/mol. The van der Waals surface area contributed by atoms with E-state index in [1.165, 1.54) is 12.1 Å². The summed E-state index contributed by atoms with van der Waals surface area (Å²) in [5.41, 5.74) is 0.906. The minimum Gasteiger partial charge on any atom is -0.223 e. The fourth-order valence-corrected chi connectivity index (χ4v) is 3.57. The third kappa shape index (κ3) is 2.86. The fraction of sp³-hybridized carbons (Fsp3) is 0.133. The molecule has 2 aromatic rings. The molecule has 0 aliphatic carbocycles. The molecule has 0 bridgehead atoms. The molecule has 2 rings (SSSR count). The van der Waals surface area contributed by atoms with Gasteiger partial charge in [0.15, 0.2) is 9.84 Å². The van der Waals surface area contributed by atoms with E-state index in [0.29, 0.717) is 11.1 Å². The summed E-state index contributed by atoms with van der Waals surface area (Å²) in [6, 6.07) is 12.1. The summed E-state index contributed by atoms with van der Waals surface area (Å²) in [6.07, 6.45) is 0. The van der Waals surface area contributed by atoms with Gasteiger partial charge in [-0.2, -0.15) is 5.26 Å². The minimum absolute atomic E-state index is 0.150. The Morgan fingerprint density at radius 2 is 1.90 bits per heavy atom. The highest BCUT2D eigenvalue weighted by atomic mass is 32.2. The normalized spacial score (nSPS) is 11.1. The molecule has 0 aromatic heterocycles. The van der Waals surface area contributed by atoms with Crippen molar-refractivity contribution in [3.8, 4) is 6.07 Å². The second-order valence-electron chi connectivity index (χ2n) is 4.45. The Hall–Kier alpha value is -2.19. The molecule has 5 heteroatoms. The topological polar surface area (TPSA) is 57.9 Å². The summed E-state index contributed by atoms with van der Waals surface area (Å²) in [5.74, 6) is -0.906. The van der Waals surface area contributed by atoms with E-state index in [9.17, 15) is 12.8 Å². The van der Waals surface area contributed by atoms with E-state index < -0.39 is 15.7 Å². The standard InChI is InChI=1S/C15H12FNO2S/c1-11-4-2-3-5-15(11)20(18,19)10-12-6-7-14(16)13(8-12)9-17/h2-8H,10H2,1H3. The van der Waals surface area contributed by atoms with Gasteiger partial charge in [0.1, 0.15) is 11.9 Å². The van der Waals surface area contributed by atoms with Crippen LogP contribution in [0.5, 0.6) is 0 Å². The predicted molar refractivity (Wildman–Crippen MR) is 73.2 cm³/mol. The molecule has 102 valence electrons. The quantitative estimate of drug-likeness (QED) is 0.872. The van der Waals surface area contributed by atoms with E-state index in [0.717, 1.165) is 6.07 Å². The first-order chi connectivity index (χ1) is 9.44. The van der Waals surface area contributed by atoms with Crippen molar-refractivity contribution < 1.29 is 12.8 Å². The largest absolute Gasteiger partial charge is 0.223 e. The number of nitriles is 1. The number of hydrogen-bond acceptors (Lipinski definition) is 3. The zero-order valence-corrected chi connectivity index (χ0v) is 11.6. The van der Waals surface area contributed by atoms with Crippen molar-refractivity contribution in [2.45, 2.75) is 17.6 Å². The van der Waals surface area contributed by atoms with E-state index in [4.69, 9.17) is 5.26 Å². The molecule has 0 amide bonds. The van der Waals surface area contributed by atoms with Crippen molar-refractivity contribution in [2.24, 2.45) is 0 Å². The lowest BCUT2D eigenvalue weighted by molar-refractivity contribution is 0.594. The van der Waals surface area contributed by atoms with E-state index in [1.54, 1.807) is 37.3 Å². The van der Waals surface area contributed by atoms with Crippen LogP contribution in [0.1, 0.15) is 16.7 Å². The van der Waals surface area contributed by atoms with Gasteiger partial charge in [-0.3, -0.25) is 0 Å². The Morgan fingerprint density at radius 3 is 2.55 bits per heavy atom. The molecule has 0 saturated heterocycles. The van der Waals surface area contributed by atoms with Crippen LogP contribution in [-0.4, -0.2) is 8.42 Å². The second-order valence-corrected chi connectivity index (χ2v) is 6.41. The van der Waals surface area contributed by atoms with Gasteiger partial charge in [-0.15, -0.1) is 0 Å². The molecule has 0 saturated carbocycles. The molecule has 0 aliphatic rings. The zero-order valence-electron chi connectivity index (χ0n) is 10.8. The van der Waals surface area contributed by atoms with Gasteiger partial charge in [0.2, 0.25) is 0 Å². The highest BCUT2D eigenvalue weighted by Gasteiger charge is 2.18. The summed E-state index contributed by atoms with van der Waals surface area (Å²) in [5, 5.41) is 8.76. The Kier molecular flexibility index (Phi) is 3.86. The monoisotopic (exact) mass is 289 g/mol. The molecule has 0 heterocycles. The molecule has 0 fully saturated rings. The molecule has 20 heavy (non-hydrogen) atoms. The van der Waals surface area contributed by atoms with Gasteiger partial charge in [0, 0.05) is 0 Å². The van der Waals surface area contributed by atoms with E-state index in [-0.39, 0.29) is 16.2 Å². The Morgan fingerprint density at radius 1 is 1.20 bits per heavy atom. The summed E-state index contributed by atoms with van der Waals surface area (Å²) in [4.78, 5) is 0.253. The Labute approximate surface area is 117 Å². The third-order valence-corrected chi connectivity index (χ3v) is 4.78. The van der Waals surface area contributed by atoms with E-state index >= 15 is 0 Å². The van der Waals surface area contributed by atoms with Gasteiger partial charge >= 0.3 is 0 Å². The number of rotatable bonds is 3. The van der Waals surface area contributed by atoms with Crippen LogP contribution in [0.25, 0.3) is 0 Å². The third-order valence-electron chi connectivity index (χ3n) is 2.94. The molecule has 0 N–H and O–H groups in total. The predicted octanol–water partition coefficient (Wildman–Crippen LogP) is 2.98. The van der Waals surface area contributed by atoms with Crippen LogP contribution in [0.4, 0.5) is 4.39 Å². The molecular formula is C15H12FNO2S. The SMILES string of the molecule is Cc1ccccc1S(=O)(=O)Cc1ccc(F)c(C#N)c1. The molecule has 0 radical (unpaired) electrons. The second kappa shape index (κ2) is 5.43. The van der Waals surface area contributed by atoms with Gasteiger partial charge in [-0.1, -0.05) is 24.3 Å². The number of sulfone groups is 1. The smallest absolute Gasteiger partial charge is 0.182 e. The van der Waals surface area contributed by atoms with Crippen molar-refractivity contribution in [1.82, 2.24) is 0 Å². The summed E-state index contributed by atoms with van der Waals surface area (Å²) < 4.78 is 37.9. The molecule has 0 unspecified atom stereocenters. The van der Waals surface area contributed by atoms with Crippen LogP contribution in [0.2, 0.25) is 0 Å². The maximum absolute atomic E-state index is 13.2. The Bertz CT molecular complexity index is 792. The highest BCUT2D eigenvalue weighted by molar-refractivity contribution is 7.90. The van der Waals surface area contributed by atoms with Crippen molar-refractivity contribution in [3.63, 3.8) is 0 Å². The van der Waals surface area contributed by atoms with Crippen LogP contribution in [-0.2, 0) is 15.6 Å². The van der Waals surface area contributed by atoms with Gasteiger partial charge in [-0.25, -0.2) is 12.8 Å².